The number of rotatable bonds is 6. The zero-order valence-electron chi connectivity index (χ0n) is 9.75. The summed E-state index contributed by atoms with van der Waals surface area (Å²) in [6, 6.07) is 0. The van der Waals surface area contributed by atoms with E-state index in [2.05, 4.69) is 0 Å². The van der Waals surface area contributed by atoms with Crippen molar-refractivity contribution in [2.24, 2.45) is 0 Å². The monoisotopic (exact) mass is 310 g/mol. The summed E-state index contributed by atoms with van der Waals surface area (Å²) >= 11 is 0. The van der Waals surface area contributed by atoms with Crippen molar-refractivity contribution in [1.82, 2.24) is 0 Å². The Morgan fingerprint density at radius 1 is 0.789 bits per heavy atom. The fraction of sp³-hybridized carbons (Fsp3) is 0.750. The summed E-state index contributed by atoms with van der Waals surface area (Å²) in [5.74, 6) is -3.59. The molecule has 0 aromatic rings. The number of hydrogen-bond acceptors (Lipinski definition) is 10. The summed E-state index contributed by atoms with van der Waals surface area (Å²) in [5.41, 5.74) is 0. The Kier molecular flexibility index (Phi) is 16.4. The van der Waals surface area contributed by atoms with Crippen LogP contribution in [0.3, 0.4) is 0 Å². The summed E-state index contributed by atoms with van der Waals surface area (Å²) in [7, 11) is 0. The van der Waals surface area contributed by atoms with E-state index >= 15 is 0 Å². The molecule has 0 amide bonds. The third kappa shape index (κ3) is 11.5. The minimum atomic E-state index is -2.00. The first-order valence-corrected chi connectivity index (χ1v) is 4.54. The number of aliphatic carboxylic acids is 2. The van der Waals surface area contributed by atoms with Gasteiger partial charge in [0.1, 0.15) is 24.4 Å². The summed E-state index contributed by atoms with van der Waals surface area (Å²) in [4.78, 5) is 19.3. The van der Waals surface area contributed by atoms with Crippen LogP contribution in [0.1, 0.15) is 0 Å². The maximum atomic E-state index is 9.67. The van der Waals surface area contributed by atoms with E-state index in [0.29, 0.717) is 0 Å². The van der Waals surface area contributed by atoms with Gasteiger partial charge >= 0.3 is 37.7 Å². The number of carboxylic acid groups (broad SMARTS) is 2. The number of aliphatic hydroxyl groups is 6. The molecule has 11 heteroatoms. The number of carboxylic acids is 2. The van der Waals surface area contributed by atoms with Crippen molar-refractivity contribution < 1.29 is 50.4 Å². The van der Waals surface area contributed by atoms with Crippen molar-refractivity contribution >= 4 is 49.7 Å². The fourth-order valence-corrected chi connectivity index (χ4v) is 0.514. The summed E-state index contributed by atoms with van der Waals surface area (Å²) in [5, 5.41) is 68.8. The van der Waals surface area contributed by atoms with Gasteiger partial charge in [0.25, 0.3) is 0 Å². The van der Waals surface area contributed by atoms with Gasteiger partial charge in [0.15, 0.2) is 0 Å². The minimum Gasteiger partial charge on any atom is -0.547 e. The number of carbonyl (C=O) groups excluding carboxylic acids is 2. The zero-order chi connectivity index (χ0) is 14.9. The molecular formula is C8H14CaO10. The first-order valence-electron chi connectivity index (χ1n) is 4.54. The first kappa shape index (κ1) is 24.0. The molecule has 0 aliphatic heterocycles. The quantitative estimate of drug-likeness (QED) is 0.256. The molecule has 0 spiro atoms. The summed E-state index contributed by atoms with van der Waals surface area (Å²) in [6.45, 7) is -1.59. The van der Waals surface area contributed by atoms with Crippen LogP contribution >= 0.6 is 0 Å². The molecule has 2 unspecified atom stereocenters. The van der Waals surface area contributed by atoms with Crippen LogP contribution in [0.2, 0.25) is 0 Å². The van der Waals surface area contributed by atoms with Gasteiger partial charge in [0, 0.05) is 0 Å². The minimum absolute atomic E-state index is 0. The normalized spacial score (nSPS) is 15.9. The topological polar surface area (TPSA) is 202 Å². The molecule has 0 saturated heterocycles. The van der Waals surface area contributed by atoms with Gasteiger partial charge < -0.3 is 50.4 Å². The molecular weight excluding hydrogens is 296 g/mol. The van der Waals surface area contributed by atoms with Gasteiger partial charge in [-0.25, -0.2) is 0 Å². The molecule has 19 heavy (non-hydrogen) atoms. The Morgan fingerprint density at radius 2 is 1.00 bits per heavy atom. The molecule has 10 nitrogen and oxygen atoms in total. The average Bonchev–Trinajstić information content (AvgIpc) is 2.35. The maximum Gasteiger partial charge on any atom is 2.00 e. The molecule has 0 aromatic heterocycles. The van der Waals surface area contributed by atoms with Gasteiger partial charge in [-0.05, 0) is 0 Å². The molecule has 0 aromatic carbocycles. The SMILES string of the molecule is O=C([O-])C(O)C(O)CO.O=C([O-])[C@H](O)[C@@H](O)CO.[Ca+2]. The second-order valence-corrected chi connectivity index (χ2v) is 3.03. The van der Waals surface area contributed by atoms with Crippen molar-refractivity contribution in [2.75, 3.05) is 13.2 Å². The van der Waals surface area contributed by atoms with Gasteiger partial charge in [-0.15, -0.1) is 0 Å². The Bertz CT molecular complexity index is 234. The van der Waals surface area contributed by atoms with E-state index in [0.717, 1.165) is 0 Å². The first-order chi connectivity index (χ1) is 8.18. The van der Waals surface area contributed by atoms with Crippen LogP contribution in [0.4, 0.5) is 0 Å². The number of hydrogen-bond donors (Lipinski definition) is 6. The third-order valence-corrected chi connectivity index (χ3v) is 1.59. The zero-order valence-corrected chi connectivity index (χ0v) is 12.0. The molecule has 0 radical (unpaired) electrons. The van der Waals surface area contributed by atoms with Crippen LogP contribution in [0.5, 0.6) is 0 Å². The molecule has 0 aliphatic rings. The van der Waals surface area contributed by atoms with Crippen molar-refractivity contribution in [3.05, 3.63) is 0 Å². The van der Waals surface area contributed by atoms with Crippen LogP contribution in [0, 0.1) is 0 Å². The van der Waals surface area contributed by atoms with Crippen molar-refractivity contribution in [1.29, 1.82) is 0 Å². The molecule has 4 atom stereocenters. The second-order valence-electron chi connectivity index (χ2n) is 3.03. The van der Waals surface area contributed by atoms with Crippen molar-refractivity contribution in [3.8, 4) is 0 Å². The second kappa shape index (κ2) is 13.0. The maximum absolute atomic E-state index is 9.67. The van der Waals surface area contributed by atoms with Crippen LogP contribution in [-0.4, -0.2) is 118 Å². The van der Waals surface area contributed by atoms with E-state index in [1.807, 2.05) is 0 Å². The van der Waals surface area contributed by atoms with E-state index in [1.165, 1.54) is 0 Å². The van der Waals surface area contributed by atoms with E-state index in [4.69, 9.17) is 30.6 Å². The Hall–Kier alpha value is -0.0403. The van der Waals surface area contributed by atoms with E-state index in [9.17, 15) is 19.8 Å². The molecule has 108 valence electrons. The largest absolute Gasteiger partial charge is 2.00 e. The molecule has 0 rings (SSSR count). The molecule has 6 N–H and O–H groups in total. The standard InChI is InChI=1S/2C4H8O5.Ca/c2*5-1-2(6)3(7)4(8)9;/h2*2-3,5-7H,1H2,(H,8,9);/q;;+2/p-2/t2-,3+;;/m0../s1. The average molecular weight is 310 g/mol. The van der Waals surface area contributed by atoms with Crippen LogP contribution in [-0.2, 0) is 9.59 Å². The van der Waals surface area contributed by atoms with Gasteiger partial charge in [-0.2, -0.15) is 0 Å². The number of aliphatic hydroxyl groups excluding tert-OH is 6. The smallest absolute Gasteiger partial charge is 0.547 e. The summed E-state index contributed by atoms with van der Waals surface area (Å²) < 4.78 is 0. The Labute approximate surface area is 137 Å². The van der Waals surface area contributed by atoms with Crippen LogP contribution in [0.15, 0.2) is 0 Å². The van der Waals surface area contributed by atoms with Gasteiger partial charge in [-0.1, -0.05) is 0 Å². The molecule has 0 fully saturated rings. The van der Waals surface area contributed by atoms with Gasteiger partial charge in [0.05, 0.1) is 25.2 Å². The third-order valence-electron chi connectivity index (χ3n) is 1.59. The summed E-state index contributed by atoms with van der Waals surface area (Å²) in [6.07, 6.45) is -7.32. The molecule has 0 saturated carbocycles. The van der Waals surface area contributed by atoms with Gasteiger partial charge in [-0.3, -0.25) is 0 Å². The van der Waals surface area contributed by atoms with Crippen LogP contribution in [0.25, 0.3) is 0 Å². The van der Waals surface area contributed by atoms with Crippen molar-refractivity contribution in [3.63, 3.8) is 0 Å². The Balaban J connectivity index is -0.000000256. The molecule has 0 aliphatic carbocycles. The van der Waals surface area contributed by atoms with E-state index in [-0.39, 0.29) is 37.7 Å². The molecule has 0 heterocycles. The van der Waals surface area contributed by atoms with Gasteiger partial charge in [0.2, 0.25) is 0 Å². The fourth-order valence-electron chi connectivity index (χ4n) is 0.514. The number of carbonyl (C=O) groups is 2. The molecule has 0 bridgehead atoms. The van der Waals surface area contributed by atoms with Crippen molar-refractivity contribution in [2.45, 2.75) is 24.4 Å². The predicted octanol–water partition coefficient (Wildman–Crippen LogP) is -7.48. The van der Waals surface area contributed by atoms with E-state index in [1.54, 1.807) is 0 Å². The Morgan fingerprint density at radius 3 is 1.05 bits per heavy atom. The van der Waals surface area contributed by atoms with Crippen LogP contribution < -0.4 is 10.2 Å². The predicted molar refractivity (Wildman–Crippen MR) is 54.0 cm³/mol. The van der Waals surface area contributed by atoms with E-state index < -0.39 is 49.6 Å².